The molecule has 6 heterocycles. The SMILES string of the molecule is CC[C@@]1(O)C[C@H](O[C@H]2C[C@H](N(C)C)[C@H](O[C@H]3C[C@H](O)[C@H](O[C@H]4C[C@H](O)[C@H](O)[C@H](C)O4)[C@H](C)O3)[C@H](C)O2)c2c(O)c3c(c(O)c2[C@H]1O[C@H]1C[C@H](N(C)C)[C@H](O[C@H]2CC[C@H](O[C@H]4CC[C@H](O)[C@H](C)O4)[C@H](C)O2)[C@H](C)O1)C(=O)c1cccc(O)c1C3=O. The van der Waals surface area contributed by atoms with Crippen LogP contribution < -0.4 is 0 Å². The molecule has 25 atom stereocenters. The first-order chi connectivity index (χ1) is 39.8. The van der Waals surface area contributed by atoms with Gasteiger partial charge in [0.15, 0.2) is 43.5 Å². The highest BCUT2D eigenvalue weighted by Gasteiger charge is 2.55. The number of carbonyl (C=O) groups excluding carboxylic acids is 2. The number of likely N-dealkylation sites (N-methyl/N-ethyl adjacent to an activating group) is 2. The first-order valence-corrected chi connectivity index (χ1v) is 29.9. The lowest BCUT2D eigenvalue weighted by atomic mass is 9.70. The number of hydrogen-bond donors (Lipinski definition) is 8. The molecule has 10 rings (SSSR count). The summed E-state index contributed by atoms with van der Waals surface area (Å²) in [6, 6.07) is 3.22. The number of phenolic OH excluding ortho intramolecular Hbond substituents is 3. The maximum absolute atomic E-state index is 14.5. The molecule has 0 saturated carbocycles. The van der Waals surface area contributed by atoms with Gasteiger partial charge < -0.3 is 107 Å². The number of carbonyl (C=O) groups is 2. The van der Waals surface area contributed by atoms with Crippen LogP contribution in [0, 0.1) is 0 Å². The lowest BCUT2D eigenvalue weighted by Gasteiger charge is -2.50. The van der Waals surface area contributed by atoms with Crippen LogP contribution in [0.1, 0.15) is 168 Å². The van der Waals surface area contributed by atoms with Crippen LogP contribution in [0.15, 0.2) is 18.2 Å². The van der Waals surface area contributed by atoms with Crippen molar-refractivity contribution in [2.75, 3.05) is 28.2 Å². The van der Waals surface area contributed by atoms with Gasteiger partial charge in [0.2, 0.25) is 5.78 Å². The number of ether oxygens (including phenoxy) is 12. The molecule has 6 aliphatic heterocycles. The average Bonchev–Trinajstić information content (AvgIpc) is 0.992. The van der Waals surface area contributed by atoms with Crippen molar-refractivity contribution in [3.05, 3.63) is 51.6 Å². The molecule has 0 amide bonds. The Bertz CT molecular complexity index is 2640. The monoisotopic (exact) mass is 1190 g/mol. The van der Waals surface area contributed by atoms with E-state index in [-0.39, 0.29) is 85.1 Å². The standard InChI is InChI=1S/C60H88N2O22/c1-12-60(72)24-39(80-42-20-32(61(8)9)57(29(6)76-42)82-45-23-37(66)58(30(7)78-45)83-44-22-36(65)51(67)27(4)75-44)47-50(55(71)48-49(54(47)70)53(69)46-31(52(48)68)14-13-15-35(46)64)59(60)84-43-21-33(62(10)11)56(28(5)77-43)81-41-19-17-38(26(3)74-41)79-40-18-16-34(63)25(2)73-40/h13-15,25-30,32-34,36-45,51,56-59,63-67,70-72H,12,16-24H2,1-11H3/t25-,26-,27-,28-,29-,30-,32-,33-,34-,36-,37-,38-,39-,40-,41-,42-,43-,44-,45-,51+,56+,57+,58+,59+,60+/m0/s1. The van der Waals surface area contributed by atoms with Gasteiger partial charge in [0, 0.05) is 73.7 Å². The number of rotatable bonds is 15. The van der Waals surface area contributed by atoms with E-state index < -0.39 is 169 Å². The lowest BCUT2D eigenvalue weighted by Crippen LogP contribution is -2.58. The van der Waals surface area contributed by atoms with Crippen LogP contribution in [0.2, 0.25) is 0 Å². The third-order valence-corrected chi connectivity index (χ3v) is 18.7. The highest BCUT2D eigenvalue weighted by molar-refractivity contribution is 6.31. The minimum absolute atomic E-state index is 0.00627. The van der Waals surface area contributed by atoms with E-state index in [1.807, 2.05) is 58.8 Å². The molecule has 0 radical (unpaired) electrons. The molecule has 24 nitrogen and oxygen atoms in total. The molecule has 0 bridgehead atoms. The Labute approximate surface area is 490 Å². The van der Waals surface area contributed by atoms with Crippen molar-refractivity contribution in [3.8, 4) is 17.2 Å². The van der Waals surface area contributed by atoms with E-state index in [0.29, 0.717) is 25.7 Å². The minimum atomic E-state index is -1.89. The van der Waals surface area contributed by atoms with E-state index in [1.54, 1.807) is 27.7 Å². The van der Waals surface area contributed by atoms with E-state index in [2.05, 4.69) is 0 Å². The maximum atomic E-state index is 14.5. The molecule has 84 heavy (non-hydrogen) atoms. The Hall–Kier alpha value is -3.58. The van der Waals surface area contributed by atoms with Crippen molar-refractivity contribution in [1.29, 1.82) is 0 Å². The Kier molecular flexibility index (Phi) is 19.3. The van der Waals surface area contributed by atoms with Crippen LogP contribution in [0.4, 0.5) is 0 Å². The summed E-state index contributed by atoms with van der Waals surface area (Å²) in [6.07, 6.45) is -14.7. The fraction of sp³-hybridized carbons (Fsp3) is 0.767. The molecule has 6 saturated heterocycles. The third-order valence-electron chi connectivity index (χ3n) is 18.7. The van der Waals surface area contributed by atoms with E-state index >= 15 is 0 Å². The van der Waals surface area contributed by atoms with Gasteiger partial charge in [-0.3, -0.25) is 9.59 Å². The summed E-state index contributed by atoms with van der Waals surface area (Å²) in [5.41, 5.74) is -3.81. The summed E-state index contributed by atoms with van der Waals surface area (Å²) < 4.78 is 77.1. The predicted molar refractivity (Wildman–Crippen MR) is 294 cm³/mol. The van der Waals surface area contributed by atoms with Crippen molar-refractivity contribution in [3.63, 3.8) is 0 Å². The zero-order valence-electron chi connectivity index (χ0n) is 49.8. The first-order valence-electron chi connectivity index (χ1n) is 29.9. The summed E-state index contributed by atoms with van der Waals surface area (Å²) in [5, 5.41) is 91.5. The number of phenols is 3. The average molecular weight is 1190 g/mol. The number of aliphatic hydroxyl groups is 5. The van der Waals surface area contributed by atoms with Crippen LogP contribution in [0.25, 0.3) is 0 Å². The van der Waals surface area contributed by atoms with Gasteiger partial charge in [0.05, 0.1) is 89.4 Å². The number of nitrogens with zero attached hydrogens (tertiary/aromatic N) is 2. The Morgan fingerprint density at radius 2 is 1.02 bits per heavy atom. The van der Waals surface area contributed by atoms with E-state index in [9.17, 15) is 50.4 Å². The molecule has 470 valence electrons. The molecule has 2 aromatic rings. The Morgan fingerprint density at radius 1 is 0.524 bits per heavy atom. The highest BCUT2D eigenvalue weighted by atomic mass is 16.8. The molecule has 6 fully saturated rings. The van der Waals surface area contributed by atoms with Gasteiger partial charge in [-0.25, -0.2) is 0 Å². The number of fused-ring (bicyclic) bond motifs is 3. The van der Waals surface area contributed by atoms with Gasteiger partial charge >= 0.3 is 0 Å². The van der Waals surface area contributed by atoms with Crippen molar-refractivity contribution < 1.29 is 107 Å². The molecule has 24 heteroatoms. The smallest absolute Gasteiger partial charge is 0.202 e. The minimum Gasteiger partial charge on any atom is -0.507 e. The molecule has 0 spiro atoms. The molecule has 8 aliphatic rings. The normalized spacial score (nSPS) is 42.8. The number of benzene rings is 2. The van der Waals surface area contributed by atoms with Crippen LogP contribution in [0.5, 0.6) is 17.2 Å². The lowest BCUT2D eigenvalue weighted by molar-refractivity contribution is -0.333. The van der Waals surface area contributed by atoms with Gasteiger partial charge in [0.25, 0.3) is 0 Å². The third kappa shape index (κ3) is 12.4. The van der Waals surface area contributed by atoms with E-state index in [4.69, 9.17) is 56.8 Å². The van der Waals surface area contributed by atoms with Crippen molar-refractivity contribution in [1.82, 2.24) is 9.80 Å². The summed E-state index contributed by atoms with van der Waals surface area (Å²) in [4.78, 5) is 33.0. The van der Waals surface area contributed by atoms with E-state index in [1.165, 1.54) is 18.2 Å². The zero-order valence-corrected chi connectivity index (χ0v) is 49.8. The van der Waals surface area contributed by atoms with Crippen molar-refractivity contribution in [2.45, 2.75) is 266 Å². The summed E-state index contributed by atoms with van der Waals surface area (Å²) in [6.45, 7) is 12.5. The van der Waals surface area contributed by atoms with Crippen LogP contribution in [-0.2, 0) is 56.8 Å². The number of aromatic hydroxyl groups is 3. The topological polar surface area (TPSA) is 313 Å². The molecule has 0 unspecified atom stereocenters. The van der Waals surface area contributed by atoms with Crippen molar-refractivity contribution in [2.24, 2.45) is 0 Å². The van der Waals surface area contributed by atoms with Gasteiger partial charge in [-0.2, -0.15) is 0 Å². The summed E-state index contributed by atoms with van der Waals surface area (Å²) >= 11 is 0. The van der Waals surface area contributed by atoms with Gasteiger partial charge in [-0.05, 0) is 95.1 Å². The maximum Gasteiger partial charge on any atom is 0.202 e. The fourth-order valence-corrected chi connectivity index (χ4v) is 13.8. The second-order valence-corrected chi connectivity index (χ2v) is 24.9. The van der Waals surface area contributed by atoms with Crippen LogP contribution in [-0.4, -0.2) is 231 Å². The number of aliphatic hydroxyl groups excluding tert-OH is 4. The van der Waals surface area contributed by atoms with Gasteiger partial charge in [-0.1, -0.05) is 19.1 Å². The molecular formula is C60H88N2O22. The van der Waals surface area contributed by atoms with Crippen LogP contribution in [0.3, 0.4) is 0 Å². The second kappa shape index (κ2) is 25.5. The first kappa shape index (κ1) is 63.4. The predicted octanol–water partition coefficient (Wildman–Crippen LogP) is 3.67. The molecular weight excluding hydrogens is 1100 g/mol. The Balaban J connectivity index is 0.887. The number of hydrogen-bond acceptors (Lipinski definition) is 24. The second-order valence-electron chi connectivity index (χ2n) is 24.9. The van der Waals surface area contributed by atoms with Gasteiger partial charge in [0.1, 0.15) is 47.8 Å². The fourth-order valence-electron chi connectivity index (χ4n) is 13.8. The quantitative estimate of drug-likeness (QED) is 0.101. The molecule has 2 aromatic carbocycles. The summed E-state index contributed by atoms with van der Waals surface area (Å²) in [7, 11) is 7.52. The largest absolute Gasteiger partial charge is 0.507 e. The zero-order chi connectivity index (χ0) is 60.5. The van der Waals surface area contributed by atoms with E-state index in [0.717, 1.165) is 0 Å². The van der Waals surface area contributed by atoms with Crippen molar-refractivity contribution >= 4 is 11.6 Å². The molecule has 2 aliphatic carbocycles. The summed E-state index contributed by atoms with van der Waals surface area (Å²) in [5.74, 6) is -3.67. The highest BCUT2D eigenvalue weighted by Crippen LogP contribution is 2.58. The van der Waals surface area contributed by atoms with Gasteiger partial charge in [-0.15, -0.1) is 0 Å². The molecule has 8 N–H and O–H groups in total. The number of ketones is 2. The Morgan fingerprint density at radius 3 is 1.61 bits per heavy atom. The molecule has 0 aromatic heterocycles. The van der Waals surface area contributed by atoms with Crippen LogP contribution >= 0.6 is 0 Å².